The monoisotopic (exact) mass is 368 g/mol. The largest absolute Gasteiger partial charge is 0.507 e. The molecule has 0 bridgehead atoms. The highest BCUT2D eigenvalue weighted by atomic mass is 19.1. The van der Waals surface area contributed by atoms with Crippen LogP contribution in [0.4, 0.5) is 10.2 Å². The number of aromatic nitrogens is 3. The number of anilines is 1. The van der Waals surface area contributed by atoms with Gasteiger partial charge in [-0.3, -0.25) is 4.98 Å². The molecule has 3 heterocycles. The SMILES string of the molecule is Cc1cc(O)c(-c2nnc(NC3COC(C)(C)C3)c3cnccc23)c(F)c1. The molecule has 1 aromatic carbocycles. The molecule has 7 heteroatoms. The molecule has 140 valence electrons. The summed E-state index contributed by atoms with van der Waals surface area (Å²) in [7, 11) is 0. The van der Waals surface area contributed by atoms with Crippen molar-refractivity contribution in [2.24, 2.45) is 0 Å². The maximum Gasteiger partial charge on any atom is 0.158 e. The second-order valence-corrected chi connectivity index (χ2v) is 7.58. The van der Waals surface area contributed by atoms with Gasteiger partial charge in [-0.25, -0.2) is 4.39 Å². The number of ether oxygens (including phenoxy) is 1. The first kappa shape index (κ1) is 17.6. The molecular weight excluding hydrogens is 347 g/mol. The predicted molar refractivity (Wildman–Crippen MR) is 101 cm³/mol. The minimum atomic E-state index is -0.536. The lowest BCUT2D eigenvalue weighted by Gasteiger charge is -2.17. The van der Waals surface area contributed by atoms with Crippen molar-refractivity contribution in [3.05, 3.63) is 42.0 Å². The zero-order chi connectivity index (χ0) is 19.2. The van der Waals surface area contributed by atoms with Gasteiger partial charge in [-0.2, -0.15) is 0 Å². The quantitative estimate of drug-likeness (QED) is 0.731. The summed E-state index contributed by atoms with van der Waals surface area (Å²) in [5, 5.41) is 23.5. The first-order valence-corrected chi connectivity index (χ1v) is 8.84. The highest BCUT2D eigenvalue weighted by molar-refractivity contribution is 6.00. The Balaban J connectivity index is 1.80. The molecular formula is C20H21FN4O2. The second kappa shape index (κ2) is 6.42. The summed E-state index contributed by atoms with van der Waals surface area (Å²) in [5.74, 6) is -0.127. The first-order valence-electron chi connectivity index (χ1n) is 8.84. The number of fused-ring (bicyclic) bond motifs is 1. The number of hydrogen-bond donors (Lipinski definition) is 2. The molecule has 4 rings (SSSR count). The molecule has 3 aromatic rings. The van der Waals surface area contributed by atoms with E-state index < -0.39 is 5.82 Å². The topological polar surface area (TPSA) is 80.2 Å². The fourth-order valence-electron chi connectivity index (χ4n) is 3.57. The van der Waals surface area contributed by atoms with Crippen molar-refractivity contribution in [2.45, 2.75) is 38.8 Å². The minimum absolute atomic E-state index is 0.0428. The second-order valence-electron chi connectivity index (χ2n) is 7.58. The van der Waals surface area contributed by atoms with Crippen molar-refractivity contribution in [2.75, 3.05) is 11.9 Å². The van der Waals surface area contributed by atoms with Gasteiger partial charge in [0.05, 0.1) is 23.8 Å². The highest BCUT2D eigenvalue weighted by Crippen LogP contribution is 2.37. The average Bonchev–Trinajstić information content (AvgIpc) is 2.94. The molecule has 1 fully saturated rings. The zero-order valence-corrected chi connectivity index (χ0v) is 15.5. The summed E-state index contributed by atoms with van der Waals surface area (Å²) >= 11 is 0. The number of nitrogens with one attached hydrogen (secondary N) is 1. The number of benzene rings is 1. The van der Waals surface area contributed by atoms with Gasteiger partial charge in [-0.1, -0.05) is 0 Å². The number of hydrogen-bond acceptors (Lipinski definition) is 6. The van der Waals surface area contributed by atoms with E-state index in [0.29, 0.717) is 28.8 Å². The maximum absolute atomic E-state index is 14.6. The van der Waals surface area contributed by atoms with Crippen LogP contribution in [-0.2, 0) is 4.74 Å². The van der Waals surface area contributed by atoms with E-state index in [-0.39, 0.29) is 28.6 Å². The predicted octanol–water partition coefficient (Wildman–Crippen LogP) is 3.82. The first-order chi connectivity index (χ1) is 12.8. The van der Waals surface area contributed by atoms with Gasteiger partial charge in [0.1, 0.15) is 17.3 Å². The Labute approximate surface area is 156 Å². The molecule has 6 nitrogen and oxygen atoms in total. The Kier molecular flexibility index (Phi) is 4.19. The molecule has 1 unspecified atom stereocenters. The fourth-order valence-corrected chi connectivity index (χ4v) is 3.57. The smallest absolute Gasteiger partial charge is 0.158 e. The van der Waals surface area contributed by atoms with Crippen LogP contribution in [0.2, 0.25) is 0 Å². The van der Waals surface area contributed by atoms with Gasteiger partial charge in [-0.05, 0) is 51.0 Å². The number of phenols is 1. The number of aromatic hydroxyl groups is 1. The van der Waals surface area contributed by atoms with Gasteiger partial charge < -0.3 is 15.2 Å². The van der Waals surface area contributed by atoms with Crippen LogP contribution in [0.15, 0.2) is 30.6 Å². The Morgan fingerprint density at radius 3 is 2.78 bits per heavy atom. The standard InChI is InChI=1S/C20H21FN4O2/c1-11-6-15(21)17(16(26)7-11)18-13-4-5-22-9-14(13)19(25-24-18)23-12-8-20(2,3)27-10-12/h4-7,9,12,26H,8,10H2,1-3H3,(H,23,25). The number of rotatable bonds is 3. The highest BCUT2D eigenvalue weighted by Gasteiger charge is 2.32. The van der Waals surface area contributed by atoms with Crippen LogP contribution in [0.5, 0.6) is 5.75 Å². The van der Waals surface area contributed by atoms with Crippen molar-refractivity contribution in [1.29, 1.82) is 0 Å². The number of aryl methyl sites for hydroxylation is 1. The van der Waals surface area contributed by atoms with Crippen LogP contribution < -0.4 is 5.32 Å². The lowest BCUT2D eigenvalue weighted by Crippen LogP contribution is -2.23. The van der Waals surface area contributed by atoms with Gasteiger partial charge in [0.25, 0.3) is 0 Å². The molecule has 27 heavy (non-hydrogen) atoms. The summed E-state index contributed by atoms with van der Waals surface area (Å²) in [5.41, 5.74) is 0.780. The Hall–Kier alpha value is -2.80. The summed E-state index contributed by atoms with van der Waals surface area (Å²) in [4.78, 5) is 4.18. The van der Waals surface area contributed by atoms with Gasteiger partial charge >= 0.3 is 0 Å². The zero-order valence-electron chi connectivity index (χ0n) is 15.5. The van der Waals surface area contributed by atoms with Crippen LogP contribution in [0.3, 0.4) is 0 Å². The summed E-state index contributed by atoms with van der Waals surface area (Å²) < 4.78 is 20.3. The lowest BCUT2D eigenvalue weighted by molar-refractivity contribution is 0.0363. The van der Waals surface area contributed by atoms with Crippen LogP contribution in [0.25, 0.3) is 22.0 Å². The molecule has 1 saturated heterocycles. The van der Waals surface area contributed by atoms with E-state index in [0.717, 1.165) is 6.42 Å². The van der Waals surface area contributed by atoms with Crippen LogP contribution in [0, 0.1) is 12.7 Å². The van der Waals surface area contributed by atoms with Gasteiger partial charge in [0.15, 0.2) is 5.82 Å². The molecule has 0 amide bonds. The van der Waals surface area contributed by atoms with E-state index in [9.17, 15) is 9.50 Å². The van der Waals surface area contributed by atoms with Crippen molar-refractivity contribution in [3.63, 3.8) is 0 Å². The molecule has 0 spiro atoms. The van der Waals surface area contributed by atoms with E-state index in [4.69, 9.17) is 4.74 Å². The van der Waals surface area contributed by atoms with Crippen LogP contribution in [-0.4, -0.2) is 38.5 Å². The van der Waals surface area contributed by atoms with E-state index >= 15 is 0 Å². The van der Waals surface area contributed by atoms with Gasteiger partial charge in [0.2, 0.25) is 0 Å². The number of halogens is 1. The molecule has 1 aliphatic heterocycles. The average molecular weight is 368 g/mol. The third kappa shape index (κ3) is 3.30. The van der Waals surface area contributed by atoms with Gasteiger partial charge in [-0.15, -0.1) is 10.2 Å². The summed E-state index contributed by atoms with van der Waals surface area (Å²) in [6.45, 7) is 6.39. The van der Waals surface area contributed by atoms with Crippen molar-refractivity contribution >= 4 is 16.6 Å². The Bertz CT molecular complexity index is 999. The molecule has 0 aliphatic carbocycles. The molecule has 2 aromatic heterocycles. The molecule has 0 radical (unpaired) electrons. The minimum Gasteiger partial charge on any atom is -0.507 e. The lowest BCUT2D eigenvalue weighted by atomic mass is 10.0. The normalized spacial score (nSPS) is 18.7. The summed E-state index contributed by atoms with van der Waals surface area (Å²) in [6.07, 6.45) is 4.12. The number of nitrogens with zero attached hydrogens (tertiary/aromatic N) is 3. The van der Waals surface area contributed by atoms with E-state index in [2.05, 4.69) is 20.5 Å². The van der Waals surface area contributed by atoms with Crippen LogP contribution in [0.1, 0.15) is 25.8 Å². The third-order valence-corrected chi connectivity index (χ3v) is 4.79. The van der Waals surface area contributed by atoms with E-state index in [1.165, 1.54) is 12.1 Å². The Morgan fingerprint density at radius 2 is 2.07 bits per heavy atom. The maximum atomic E-state index is 14.6. The number of phenolic OH excluding ortho intramolecular Hbond substituents is 1. The molecule has 0 saturated carbocycles. The molecule has 1 atom stereocenters. The van der Waals surface area contributed by atoms with E-state index in [1.54, 1.807) is 25.4 Å². The van der Waals surface area contributed by atoms with E-state index in [1.807, 2.05) is 13.8 Å². The van der Waals surface area contributed by atoms with Crippen molar-refractivity contribution in [1.82, 2.24) is 15.2 Å². The van der Waals surface area contributed by atoms with Crippen molar-refractivity contribution < 1.29 is 14.2 Å². The third-order valence-electron chi connectivity index (χ3n) is 4.79. The van der Waals surface area contributed by atoms with Crippen LogP contribution >= 0.6 is 0 Å². The van der Waals surface area contributed by atoms with Gasteiger partial charge in [0, 0.05) is 23.2 Å². The molecule has 2 N–H and O–H groups in total. The fraction of sp³-hybridized carbons (Fsp3) is 0.350. The molecule has 1 aliphatic rings. The Morgan fingerprint density at radius 1 is 1.26 bits per heavy atom. The number of pyridine rings is 1. The van der Waals surface area contributed by atoms with Crippen molar-refractivity contribution in [3.8, 4) is 17.0 Å². The summed E-state index contributed by atoms with van der Waals surface area (Å²) in [6, 6.07) is 4.73.